The second kappa shape index (κ2) is 15.8. The standard InChI is InChI=1S/2C9H9ClN4O.C8H7ClN4O/c1-11-9-13-8(14-15-9)12-7-4-2-6(10)3-5-7;1-11-9-13-8(14-15-9)12-7-5-3-2-4-6(7)10;9-5-3-1-2-4-6(5)11-8-12-7(10)14-13-8/h2*2-5H,1H3,(H2,11,12,13,14);1-4H,(H3,10,11,12,13). The third kappa shape index (κ3) is 9.65. The number of hydrogen-bond acceptors (Lipinski definition) is 15. The van der Waals surface area contributed by atoms with Gasteiger partial charge in [0.1, 0.15) is 0 Å². The van der Waals surface area contributed by atoms with Crippen LogP contribution in [0.2, 0.25) is 15.1 Å². The van der Waals surface area contributed by atoms with E-state index in [-0.39, 0.29) is 12.0 Å². The van der Waals surface area contributed by atoms with Gasteiger partial charge in [0.05, 0.1) is 21.4 Å². The average molecular weight is 660 g/mol. The molecule has 0 amide bonds. The van der Waals surface area contributed by atoms with Crippen LogP contribution < -0.4 is 32.3 Å². The predicted octanol–water partition coefficient (Wildman–Crippen LogP) is 7.07. The number of nitrogen functional groups attached to an aromatic ring is 1. The van der Waals surface area contributed by atoms with E-state index in [0.717, 1.165) is 11.4 Å². The monoisotopic (exact) mass is 658 g/mol. The first-order valence-corrected chi connectivity index (χ1v) is 13.6. The number of benzene rings is 3. The zero-order valence-electron chi connectivity index (χ0n) is 23.0. The maximum Gasteiger partial charge on any atom is 0.322 e. The zero-order chi connectivity index (χ0) is 31.3. The first-order chi connectivity index (χ1) is 21.3. The molecule has 44 heavy (non-hydrogen) atoms. The van der Waals surface area contributed by atoms with Crippen molar-refractivity contribution >= 4 is 87.8 Å². The maximum absolute atomic E-state index is 5.95. The molecule has 0 fully saturated rings. The van der Waals surface area contributed by atoms with Gasteiger partial charge in [0, 0.05) is 24.8 Å². The molecule has 0 aliphatic rings. The molecule has 0 atom stereocenters. The van der Waals surface area contributed by atoms with Crippen molar-refractivity contribution in [1.29, 1.82) is 0 Å². The second-order valence-electron chi connectivity index (χ2n) is 8.14. The number of nitrogens with one attached hydrogen (secondary N) is 5. The Kier molecular flexibility index (Phi) is 11.4. The summed E-state index contributed by atoms with van der Waals surface area (Å²) in [4.78, 5) is 11.8. The molecule has 3 heterocycles. The van der Waals surface area contributed by atoms with Crippen molar-refractivity contribution in [2.24, 2.45) is 0 Å². The van der Waals surface area contributed by atoms with Crippen molar-refractivity contribution in [2.75, 3.05) is 46.4 Å². The largest absolute Gasteiger partial charge is 0.351 e. The Balaban J connectivity index is 0.000000151. The minimum absolute atomic E-state index is 0.0135. The highest BCUT2D eigenvalue weighted by atomic mass is 35.5. The molecule has 7 N–H and O–H groups in total. The fraction of sp³-hybridized carbons (Fsp3) is 0.0769. The number of rotatable bonds is 8. The van der Waals surface area contributed by atoms with Crippen molar-refractivity contribution in [2.45, 2.75) is 0 Å². The number of hydrogen-bond donors (Lipinski definition) is 6. The van der Waals surface area contributed by atoms with Crippen LogP contribution in [0.5, 0.6) is 0 Å². The van der Waals surface area contributed by atoms with Gasteiger partial charge in [-0.2, -0.15) is 15.0 Å². The Hall–Kier alpha value is -5.25. The fourth-order valence-corrected chi connectivity index (χ4v) is 3.56. The molecule has 0 aliphatic heterocycles. The van der Waals surface area contributed by atoms with Crippen LogP contribution in [-0.2, 0) is 0 Å². The lowest BCUT2D eigenvalue weighted by Crippen LogP contribution is -1.93. The third-order valence-corrected chi connectivity index (χ3v) is 5.97. The number of nitrogens with two attached hydrogens (primary N) is 1. The van der Waals surface area contributed by atoms with Gasteiger partial charge < -0.3 is 45.9 Å². The quantitative estimate of drug-likeness (QED) is 0.0967. The summed E-state index contributed by atoms with van der Waals surface area (Å²) < 4.78 is 14.3. The van der Waals surface area contributed by atoms with Crippen molar-refractivity contribution < 1.29 is 13.6 Å². The van der Waals surface area contributed by atoms with Crippen LogP contribution in [0.25, 0.3) is 0 Å². The van der Waals surface area contributed by atoms with E-state index in [9.17, 15) is 0 Å². The Bertz CT molecular complexity index is 1740. The summed E-state index contributed by atoms with van der Waals surface area (Å²) in [5.41, 5.74) is 7.55. The van der Waals surface area contributed by atoms with E-state index < -0.39 is 0 Å². The smallest absolute Gasteiger partial charge is 0.322 e. The minimum atomic E-state index is 0.0135. The molecule has 0 saturated carbocycles. The van der Waals surface area contributed by atoms with E-state index in [0.29, 0.717) is 44.7 Å². The van der Waals surface area contributed by atoms with Gasteiger partial charge >= 0.3 is 18.0 Å². The van der Waals surface area contributed by atoms with Crippen LogP contribution in [0.1, 0.15) is 0 Å². The molecule has 0 unspecified atom stereocenters. The average Bonchev–Trinajstić information content (AvgIpc) is 3.79. The van der Waals surface area contributed by atoms with Crippen molar-refractivity contribution in [1.82, 2.24) is 30.4 Å². The summed E-state index contributed by atoms with van der Waals surface area (Å²) in [6.07, 6.45) is 0. The molecule has 0 radical (unpaired) electrons. The number of para-hydroxylation sites is 2. The van der Waals surface area contributed by atoms with Gasteiger partial charge in [0.15, 0.2) is 0 Å². The van der Waals surface area contributed by atoms with E-state index in [2.05, 4.69) is 61.5 Å². The molecule has 0 bridgehead atoms. The highest BCUT2D eigenvalue weighted by Gasteiger charge is 2.07. The van der Waals surface area contributed by atoms with Crippen LogP contribution in [0.15, 0.2) is 86.4 Å². The number of aromatic nitrogens is 6. The minimum Gasteiger partial charge on any atom is -0.351 e. The van der Waals surface area contributed by atoms with Crippen molar-refractivity contribution in [3.05, 3.63) is 87.9 Å². The van der Waals surface area contributed by atoms with E-state index in [1.54, 1.807) is 44.4 Å². The number of nitrogens with zero attached hydrogens (tertiary/aromatic N) is 6. The van der Waals surface area contributed by atoms with Gasteiger partial charge in [0.25, 0.3) is 17.8 Å². The maximum atomic E-state index is 5.95. The summed E-state index contributed by atoms with van der Waals surface area (Å²) in [6, 6.07) is 22.5. The first kappa shape index (κ1) is 31.7. The van der Waals surface area contributed by atoms with Gasteiger partial charge in [-0.3, -0.25) is 0 Å². The highest BCUT2D eigenvalue weighted by Crippen LogP contribution is 2.24. The Labute approximate surface area is 265 Å². The molecule has 15 nitrogen and oxygen atoms in total. The van der Waals surface area contributed by atoms with Crippen LogP contribution in [0.4, 0.5) is 53.0 Å². The van der Waals surface area contributed by atoms with E-state index in [1.165, 1.54) is 0 Å². The Morgan fingerprint density at radius 2 is 1.02 bits per heavy atom. The predicted molar refractivity (Wildman–Crippen MR) is 171 cm³/mol. The fourth-order valence-electron chi connectivity index (χ4n) is 3.07. The molecule has 0 aliphatic carbocycles. The summed E-state index contributed by atoms with van der Waals surface area (Å²) in [5, 5.41) is 27.1. The summed E-state index contributed by atoms with van der Waals surface area (Å²) in [7, 11) is 3.41. The lowest BCUT2D eigenvalue weighted by molar-refractivity contribution is 0.434. The van der Waals surface area contributed by atoms with Gasteiger partial charge in [-0.25, -0.2) is 0 Å². The molecular formula is C26H25Cl3N12O3. The van der Waals surface area contributed by atoms with E-state index >= 15 is 0 Å². The Morgan fingerprint density at radius 1 is 0.568 bits per heavy atom. The van der Waals surface area contributed by atoms with Crippen molar-refractivity contribution in [3.8, 4) is 0 Å². The molecule has 3 aromatic heterocycles. The molecule has 18 heteroatoms. The molecular weight excluding hydrogens is 635 g/mol. The Morgan fingerprint density at radius 3 is 1.45 bits per heavy atom. The number of halogens is 3. The molecule has 3 aromatic carbocycles. The summed E-state index contributed by atoms with van der Waals surface area (Å²) in [5.74, 6) is 1.06. The summed E-state index contributed by atoms with van der Waals surface area (Å²) in [6.45, 7) is 0. The zero-order valence-corrected chi connectivity index (χ0v) is 25.3. The van der Waals surface area contributed by atoms with Crippen LogP contribution in [0.3, 0.4) is 0 Å². The number of anilines is 9. The van der Waals surface area contributed by atoms with Crippen molar-refractivity contribution in [3.63, 3.8) is 0 Å². The molecule has 6 aromatic rings. The van der Waals surface area contributed by atoms with Gasteiger partial charge in [-0.05, 0) is 64.0 Å². The van der Waals surface area contributed by atoms with Crippen LogP contribution in [0, 0.1) is 0 Å². The molecule has 0 spiro atoms. The SMILES string of the molecule is CNc1nc(Nc2ccc(Cl)cc2)no1.CNc1nc(Nc2ccccc2Cl)no1.Nc1nc(Nc2ccccc2Cl)no1. The van der Waals surface area contributed by atoms with Gasteiger partial charge in [-0.1, -0.05) is 59.1 Å². The van der Waals surface area contributed by atoms with Gasteiger partial charge in [0.2, 0.25) is 0 Å². The van der Waals surface area contributed by atoms with E-state index in [4.69, 9.17) is 49.6 Å². The summed E-state index contributed by atoms with van der Waals surface area (Å²) >= 11 is 17.6. The van der Waals surface area contributed by atoms with Crippen LogP contribution >= 0.6 is 34.8 Å². The molecule has 0 saturated heterocycles. The van der Waals surface area contributed by atoms with E-state index in [1.807, 2.05) is 42.5 Å². The normalized spacial score (nSPS) is 10.0. The molecule has 6 rings (SSSR count). The molecule has 228 valence electrons. The van der Waals surface area contributed by atoms with Gasteiger partial charge in [-0.15, -0.1) is 0 Å². The van der Waals surface area contributed by atoms with Crippen LogP contribution in [-0.4, -0.2) is 44.5 Å². The third-order valence-electron chi connectivity index (χ3n) is 5.06. The topological polar surface area (TPSA) is 203 Å². The highest BCUT2D eigenvalue weighted by molar-refractivity contribution is 6.33. The second-order valence-corrected chi connectivity index (χ2v) is 9.39. The first-order valence-electron chi connectivity index (χ1n) is 12.5. The lowest BCUT2D eigenvalue weighted by Gasteiger charge is -2.01. The lowest BCUT2D eigenvalue weighted by atomic mass is 10.3.